The van der Waals surface area contributed by atoms with Gasteiger partial charge in [0.15, 0.2) is 0 Å². The van der Waals surface area contributed by atoms with Crippen LogP contribution in [0.3, 0.4) is 0 Å². The molecule has 2 heterocycles. The van der Waals surface area contributed by atoms with Crippen LogP contribution < -0.4 is 10.5 Å². The van der Waals surface area contributed by atoms with E-state index in [0.29, 0.717) is 12.4 Å². The van der Waals surface area contributed by atoms with E-state index >= 15 is 0 Å². The molecule has 1 aromatic carbocycles. The van der Waals surface area contributed by atoms with Crippen molar-refractivity contribution in [2.24, 2.45) is 0 Å². The normalized spacial score (nSPS) is 10.8. The number of nitrogens with zero attached hydrogens (tertiary/aromatic N) is 1. The zero-order valence-corrected chi connectivity index (χ0v) is 10.6. The van der Waals surface area contributed by atoms with E-state index in [1.165, 1.54) is 0 Å². The minimum absolute atomic E-state index is 0.439. The first-order valence-electron chi connectivity index (χ1n) is 6.15. The Labute approximate surface area is 110 Å². The van der Waals surface area contributed by atoms with E-state index in [9.17, 15) is 0 Å². The Morgan fingerprint density at radius 3 is 2.95 bits per heavy atom. The number of rotatable bonds is 3. The van der Waals surface area contributed by atoms with E-state index in [2.05, 4.69) is 4.98 Å². The van der Waals surface area contributed by atoms with Gasteiger partial charge in [-0.1, -0.05) is 18.2 Å². The summed E-state index contributed by atoms with van der Waals surface area (Å²) in [6, 6.07) is 9.62. The minimum Gasteiger partial charge on any atom is -0.493 e. The van der Waals surface area contributed by atoms with Crippen molar-refractivity contribution >= 4 is 16.8 Å². The third-order valence-corrected chi connectivity index (χ3v) is 2.98. The SMILES string of the molecule is CCOc1ccccc1-c1c(N)ncc2ccoc12. The summed E-state index contributed by atoms with van der Waals surface area (Å²) in [7, 11) is 0. The number of fused-ring (bicyclic) bond motifs is 1. The number of pyridine rings is 1. The summed E-state index contributed by atoms with van der Waals surface area (Å²) in [5.74, 6) is 1.22. The summed E-state index contributed by atoms with van der Waals surface area (Å²) in [6.07, 6.45) is 3.35. The maximum atomic E-state index is 6.02. The van der Waals surface area contributed by atoms with E-state index in [4.69, 9.17) is 14.9 Å². The molecule has 3 rings (SSSR count). The van der Waals surface area contributed by atoms with Gasteiger partial charge in [0.2, 0.25) is 0 Å². The van der Waals surface area contributed by atoms with Crippen LogP contribution in [0.15, 0.2) is 47.2 Å². The van der Waals surface area contributed by atoms with Gasteiger partial charge in [0.05, 0.1) is 18.4 Å². The number of aromatic nitrogens is 1. The topological polar surface area (TPSA) is 61.3 Å². The van der Waals surface area contributed by atoms with Crippen LogP contribution in [0, 0.1) is 0 Å². The molecule has 0 radical (unpaired) electrons. The zero-order chi connectivity index (χ0) is 13.2. The Morgan fingerprint density at radius 1 is 1.26 bits per heavy atom. The number of furan rings is 1. The predicted molar refractivity (Wildman–Crippen MR) is 75.0 cm³/mol. The molecule has 0 spiro atoms. The second-order valence-electron chi connectivity index (χ2n) is 4.15. The lowest BCUT2D eigenvalue weighted by Gasteiger charge is -2.11. The highest BCUT2D eigenvalue weighted by atomic mass is 16.5. The summed E-state index contributed by atoms with van der Waals surface area (Å²) >= 11 is 0. The molecule has 2 N–H and O–H groups in total. The van der Waals surface area contributed by atoms with Crippen LogP contribution in [0.25, 0.3) is 22.1 Å². The Morgan fingerprint density at radius 2 is 2.11 bits per heavy atom. The van der Waals surface area contributed by atoms with Crippen LogP contribution >= 0.6 is 0 Å². The monoisotopic (exact) mass is 254 g/mol. The van der Waals surface area contributed by atoms with Gasteiger partial charge in [0, 0.05) is 17.1 Å². The van der Waals surface area contributed by atoms with Crippen molar-refractivity contribution in [2.45, 2.75) is 6.92 Å². The smallest absolute Gasteiger partial charge is 0.147 e. The number of anilines is 1. The Bertz CT molecular complexity index is 719. The highest BCUT2D eigenvalue weighted by molar-refractivity contribution is 5.98. The third-order valence-electron chi connectivity index (χ3n) is 2.98. The molecule has 0 fully saturated rings. The molecular formula is C15H14N2O2. The quantitative estimate of drug-likeness (QED) is 0.777. The number of ether oxygens (including phenoxy) is 1. The first-order valence-corrected chi connectivity index (χ1v) is 6.15. The summed E-state index contributed by atoms with van der Waals surface area (Å²) in [5, 5.41) is 0.926. The van der Waals surface area contributed by atoms with Crippen molar-refractivity contribution in [2.75, 3.05) is 12.3 Å². The van der Waals surface area contributed by atoms with Gasteiger partial charge in [-0.25, -0.2) is 4.98 Å². The van der Waals surface area contributed by atoms with Crippen molar-refractivity contribution < 1.29 is 9.15 Å². The highest BCUT2D eigenvalue weighted by Crippen LogP contribution is 2.38. The summed E-state index contributed by atoms with van der Waals surface area (Å²) in [6.45, 7) is 2.55. The molecule has 0 bridgehead atoms. The summed E-state index contributed by atoms with van der Waals surface area (Å²) < 4.78 is 11.2. The second-order valence-corrected chi connectivity index (χ2v) is 4.15. The molecule has 0 aliphatic carbocycles. The molecule has 3 aromatic rings. The van der Waals surface area contributed by atoms with E-state index in [-0.39, 0.29) is 0 Å². The maximum Gasteiger partial charge on any atom is 0.147 e. The fourth-order valence-electron chi connectivity index (χ4n) is 2.16. The molecule has 0 aliphatic heterocycles. The largest absolute Gasteiger partial charge is 0.493 e. The van der Waals surface area contributed by atoms with E-state index in [1.54, 1.807) is 12.5 Å². The van der Waals surface area contributed by atoms with Gasteiger partial charge < -0.3 is 14.9 Å². The van der Waals surface area contributed by atoms with Crippen LogP contribution in [0.4, 0.5) is 5.82 Å². The number of benzene rings is 1. The molecule has 0 amide bonds. The maximum absolute atomic E-state index is 6.02. The Kier molecular flexibility index (Phi) is 2.83. The number of hydrogen-bond acceptors (Lipinski definition) is 4. The summed E-state index contributed by atoms with van der Waals surface area (Å²) in [4.78, 5) is 4.22. The molecule has 4 heteroatoms. The minimum atomic E-state index is 0.439. The van der Waals surface area contributed by atoms with Gasteiger partial charge in [0.1, 0.15) is 17.2 Å². The van der Waals surface area contributed by atoms with Crippen LogP contribution in [0.1, 0.15) is 6.92 Å². The van der Waals surface area contributed by atoms with Gasteiger partial charge in [-0.2, -0.15) is 0 Å². The van der Waals surface area contributed by atoms with E-state index < -0.39 is 0 Å². The first kappa shape index (κ1) is 11.6. The lowest BCUT2D eigenvalue weighted by atomic mass is 10.0. The fraction of sp³-hybridized carbons (Fsp3) is 0.133. The Hall–Kier alpha value is -2.49. The number of nitrogens with two attached hydrogens (primary N) is 1. The number of para-hydroxylation sites is 1. The first-order chi connectivity index (χ1) is 9.31. The average molecular weight is 254 g/mol. The highest BCUT2D eigenvalue weighted by Gasteiger charge is 2.15. The molecule has 0 saturated heterocycles. The summed E-state index contributed by atoms with van der Waals surface area (Å²) in [5.41, 5.74) is 8.43. The molecule has 4 nitrogen and oxygen atoms in total. The number of hydrogen-bond donors (Lipinski definition) is 1. The van der Waals surface area contributed by atoms with Crippen molar-refractivity contribution in [3.63, 3.8) is 0 Å². The van der Waals surface area contributed by atoms with Crippen LogP contribution in [0.5, 0.6) is 5.75 Å². The molecule has 0 aliphatic rings. The molecule has 2 aromatic heterocycles. The van der Waals surface area contributed by atoms with Crippen LogP contribution in [-0.4, -0.2) is 11.6 Å². The predicted octanol–water partition coefficient (Wildman–Crippen LogP) is 3.48. The third kappa shape index (κ3) is 1.91. The fourth-order valence-corrected chi connectivity index (χ4v) is 2.16. The van der Waals surface area contributed by atoms with E-state index in [1.807, 2.05) is 37.3 Å². The van der Waals surface area contributed by atoms with Gasteiger partial charge in [-0.3, -0.25) is 0 Å². The van der Waals surface area contributed by atoms with Gasteiger partial charge in [-0.15, -0.1) is 0 Å². The molecule has 96 valence electrons. The van der Waals surface area contributed by atoms with Crippen molar-refractivity contribution in [3.05, 3.63) is 42.8 Å². The van der Waals surface area contributed by atoms with Crippen LogP contribution in [-0.2, 0) is 0 Å². The molecule has 0 atom stereocenters. The molecule has 0 saturated carbocycles. The van der Waals surface area contributed by atoms with Crippen molar-refractivity contribution in [1.29, 1.82) is 0 Å². The molecule has 19 heavy (non-hydrogen) atoms. The van der Waals surface area contributed by atoms with Gasteiger partial charge in [-0.05, 0) is 19.1 Å². The molecule has 0 unspecified atom stereocenters. The van der Waals surface area contributed by atoms with Gasteiger partial charge in [0.25, 0.3) is 0 Å². The molecular weight excluding hydrogens is 240 g/mol. The average Bonchev–Trinajstić information content (AvgIpc) is 2.88. The standard InChI is InChI=1S/C15H14N2O2/c1-2-18-12-6-4-3-5-11(12)13-14-10(7-8-19-14)9-17-15(13)16/h3-9H,2H2,1H3,(H2,16,17). The zero-order valence-electron chi connectivity index (χ0n) is 10.6. The van der Waals surface area contributed by atoms with Gasteiger partial charge >= 0.3 is 0 Å². The van der Waals surface area contributed by atoms with E-state index in [0.717, 1.165) is 27.8 Å². The Balaban J connectivity index is 2.29. The second kappa shape index (κ2) is 4.65. The van der Waals surface area contributed by atoms with Crippen molar-refractivity contribution in [1.82, 2.24) is 4.98 Å². The van der Waals surface area contributed by atoms with Crippen molar-refractivity contribution in [3.8, 4) is 16.9 Å². The van der Waals surface area contributed by atoms with Crippen LogP contribution in [0.2, 0.25) is 0 Å². The number of nitrogen functional groups attached to an aromatic ring is 1. The lowest BCUT2D eigenvalue weighted by Crippen LogP contribution is -1.98. The lowest BCUT2D eigenvalue weighted by molar-refractivity contribution is 0.341.